The van der Waals surface area contributed by atoms with Crippen molar-refractivity contribution in [3.63, 3.8) is 0 Å². The SMILES string of the molecule is COc1cc(N)cc(NCCN2CCN(C)CC2)c1. The third-order valence-electron chi connectivity index (χ3n) is 3.52. The molecule has 1 aliphatic rings. The van der Waals surface area contributed by atoms with Gasteiger partial charge in [-0.1, -0.05) is 0 Å². The fourth-order valence-corrected chi connectivity index (χ4v) is 2.27. The third kappa shape index (κ3) is 4.29. The molecule has 5 heteroatoms. The van der Waals surface area contributed by atoms with Gasteiger partial charge in [-0.15, -0.1) is 0 Å². The molecule has 1 saturated heterocycles. The molecule has 1 aromatic carbocycles. The van der Waals surface area contributed by atoms with Gasteiger partial charge in [-0.2, -0.15) is 0 Å². The van der Waals surface area contributed by atoms with Gasteiger partial charge in [0.25, 0.3) is 0 Å². The van der Waals surface area contributed by atoms with Crippen molar-refractivity contribution in [1.29, 1.82) is 0 Å². The topological polar surface area (TPSA) is 53.8 Å². The van der Waals surface area contributed by atoms with E-state index in [0.717, 1.165) is 56.4 Å². The Morgan fingerprint density at radius 3 is 2.63 bits per heavy atom. The van der Waals surface area contributed by atoms with E-state index in [1.165, 1.54) is 0 Å². The summed E-state index contributed by atoms with van der Waals surface area (Å²) < 4.78 is 5.21. The Morgan fingerprint density at radius 1 is 1.21 bits per heavy atom. The molecule has 0 bridgehead atoms. The Kier molecular flexibility index (Phi) is 4.87. The number of ether oxygens (including phenoxy) is 1. The smallest absolute Gasteiger partial charge is 0.122 e. The molecular weight excluding hydrogens is 240 g/mol. The second-order valence-corrected chi connectivity index (χ2v) is 5.07. The number of methoxy groups -OCH3 is 1. The number of rotatable bonds is 5. The monoisotopic (exact) mass is 264 g/mol. The van der Waals surface area contributed by atoms with Gasteiger partial charge in [0.05, 0.1) is 7.11 Å². The van der Waals surface area contributed by atoms with Crippen LogP contribution >= 0.6 is 0 Å². The van der Waals surface area contributed by atoms with Crippen molar-refractivity contribution in [2.24, 2.45) is 0 Å². The zero-order valence-electron chi connectivity index (χ0n) is 11.9. The van der Waals surface area contributed by atoms with E-state index in [4.69, 9.17) is 10.5 Å². The van der Waals surface area contributed by atoms with Crippen LogP contribution in [-0.2, 0) is 0 Å². The lowest BCUT2D eigenvalue weighted by molar-refractivity contribution is 0.158. The van der Waals surface area contributed by atoms with Crippen LogP contribution in [0.1, 0.15) is 0 Å². The molecule has 0 radical (unpaired) electrons. The molecule has 1 aromatic rings. The number of hydrogen-bond acceptors (Lipinski definition) is 5. The number of hydrogen-bond donors (Lipinski definition) is 2. The van der Waals surface area contributed by atoms with E-state index in [1.54, 1.807) is 7.11 Å². The second kappa shape index (κ2) is 6.63. The first-order chi connectivity index (χ1) is 9.17. The molecule has 106 valence electrons. The van der Waals surface area contributed by atoms with E-state index in [2.05, 4.69) is 22.2 Å². The minimum atomic E-state index is 0.724. The van der Waals surface area contributed by atoms with E-state index >= 15 is 0 Å². The fourth-order valence-electron chi connectivity index (χ4n) is 2.27. The minimum absolute atomic E-state index is 0.724. The van der Waals surface area contributed by atoms with Gasteiger partial charge >= 0.3 is 0 Å². The van der Waals surface area contributed by atoms with Crippen LogP contribution in [0.4, 0.5) is 11.4 Å². The summed E-state index contributed by atoms with van der Waals surface area (Å²) in [5.74, 6) is 0.794. The highest BCUT2D eigenvalue weighted by atomic mass is 16.5. The van der Waals surface area contributed by atoms with Crippen LogP contribution < -0.4 is 15.8 Å². The first kappa shape index (κ1) is 14.0. The van der Waals surface area contributed by atoms with Gasteiger partial charge in [-0.05, 0) is 13.1 Å². The summed E-state index contributed by atoms with van der Waals surface area (Å²) in [5.41, 5.74) is 7.57. The third-order valence-corrected chi connectivity index (χ3v) is 3.52. The summed E-state index contributed by atoms with van der Waals surface area (Å²) in [6.45, 7) is 6.61. The van der Waals surface area contributed by atoms with Crippen molar-refractivity contribution >= 4 is 11.4 Å². The van der Waals surface area contributed by atoms with Crippen LogP contribution in [0.25, 0.3) is 0 Å². The molecule has 0 aromatic heterocycles. The summed E-state index contributed by atoms with van der Waals surface area (Å²) in [6, 6.07) is 5.73. The Labute approximate surface area is 115 Å². The predicted molar refractivity (Wildman–Crippen MR) is 79.8 cm³/mol. The van der Waals surface area contributed by atoms with E-state index in [-0.39, 0.29) is 0 Å². The van der Waals surface area contributed by atoms with Crippen molar-refractivity contribution < 1.29 is 4.74 Å². The van der Waals surface area contributed by atoms with E-state index in [0.29, 0.717) is 0 Å². The first-order valence-corrected chi connectivity index (χ1v) is 6.77. The highest BCUT2D eigenvalue weighted by Crippen LogP contribution is 2.21. The summed E-state index contributed by atoms with van der Waals surface area (Å²) in [5, 5.41) is 3.40. The highest BCUT2D eigenvalue weighted by Gasteiger charge is 2.12. The van der Waals surface area contributed by atoms with Crippen molar-refractivity contribution in [2.75, 3.05) is 64.5 Å². The van der Waals surface area contributed by atoms with Gasteiger partial charge in [0.1, 0.15) is 5.75 Å². The zero-order chi connectivity index (χ0) is 13.7. The lowest BCUT2D eigenvalue weighted by Crippen LogP contribution is -2.45. The maximum absolute atomic E-state index is 5.83. The largest absolute Gasteiger partial charge is 0.497 e. The molecule has 1 heterocycles. The molecule has 0 saturated carbocycles. The molecule has 1 aliphatic heterocycles. The van der Waals surface area contributed by atoms with Gasteiger partial charge in [-0.25, -0.2) is 0 Å². The molecule has 0 spiro atoms. The summed E-state index contributed by atoms with van der Waals surface area (Å²) in [4.78, 5) is 4.85. The van der Waals surface area contributed by atoms with Crippen molar-refractivity contribution in [3.8, 4) is 5.75 Å². The van der Waals surface area contributed by atoms with Gasteiger partial charge < -0.3 is 20.7 Å². The number of nitrogens with one attached hydrogen (secondary N) is 1. The maximum atomic E-state index is 5.83. The average Bonchev–Trinajstić information content (AvgIpc) is 2.40. The molecule has 0 unspecified atom stereocenters. The van der Waals surface area contributed by atoms with Crippen LogP contribution in [0.3, 0.4) is 0 Å². The molecule has 0 aliphatic carbocycles. The summed E-state index contributed by atoms with van der Waals surface area (Å²) in [6.07, 6.45) is 0. The second-order valence-electron chi connectivity index (χ2n) is 5.07. The molecule has 1 fully saturated rings. The number of nitrogens with zero attached hydrogens (tertiary/aromatic N) is 2. The van der Waals surface area contributed by atoms with Crippen molar-refractivity contribution in [1.82, 2.24) is 9.80 Å². The molecule has 0 amide bonds. The van der Waals surface area contributed by atoms with Crippen molar-refractivity contribution in [3.05, 3.63) is 18.2 Å². The van der Waals surface area contributed by atoms with Gasteiger partial charge in [0.15, 0.2) is 0 Å². The number of nitrogens with two attached hydrogens (primary N) is 1. The Balaban J connectivity index is 1.77. The Morgan fingerprint density at radius 2 is 1.95 bits per heavy atom. The maximum Gasteiger partial charge on any atom is 0.122 e. The molecular formula is C14H24N4O. The van der Waals surface area contributed by atoms with E-state index < -0.39 is 0 Å². The standard InChI is InChI=1S/C14H24N4O/c1-17-5-7-18(8-6-17)4-3-16-13-9-12(15)10-14(11-13)19-2/h9-11,16H,3-8,15H2,1-2H3. The molecule has 2 rings (SSSR count). The average molecular weight is 264 g/mol. The number of piperazine rings is 1. The van der Waals surface area contributed by atoms with E-state index in [9.17, 15) is 0 Å². The van der Waals surface area contributed by atoms with Crippen LogP contribution in [0, 0.1) is 0 Å². The Bertz CT molecular complexity index is 402. The predicted octanol–water partition coefficient (Wildman–Crippen LogP) is 0.937. The summed E-state index contributed by atoms with van der Waals surface area (Å²) >= 11 is 0. The van der Waals surface area contributed by atoms with Crippen LogP contribution in [0.15, 0.2) is 18.2 Å². The van der Waals surface area contributed by atoms with Gasteiger partial charge in [0.2, 0.25) is 0 Å². The quantitative estimate of drug-likeness (QED) is 0.775. The van der Waals surface area contributed by atoms with Crippen LogP contribution in [-0.4, -0.2) is 63.2 Å². The lowest BCUT2D eigenvalue weighted by Gasteiger charge is -2.32. The van der Waals surface area contributed by atoms with Gasteiger partial charge in [-0.3, -0.25) is 4.90 Å². The molecule has 5 nitrogen and oxygen atoms in total. The molecule has 0 atom stereocenters. The summed E-state index contributed by atoms with van der Waals surface area (Å²) in [7, 11) is 3.83. The number of likely N-dealkylation sites (N-methyl/N-ethyl adjacent to an activating group) is 1. The lowest BCUT2D eigenvalue weighted by atomic mass is 10.2. The normalized spacial score (nSPS) is 17.4. The molecule has 19 heavy (non-hydrogen) atoms. The van der Waals surface area contributed by atoms with E-state index in [1.807, 2.05) is 18.2 Å². The fraction of sp³-hybridized carbons (Fsp3) is 0.571. The highest BCUT2D eigenvalue weighted by molar-refractivity contribution is 5.59. The number of benzene rings is 1. The number of anilines is 2. The minimum Gasteiger partial charge on any atom is -0.497 e. The first-order valence-electron chi connectivity index (χ1n) is 6.77. The Hall–Kier alpha value is -1.46. The molecule has 3 N–H and O–H groups in total. The van der Waals surface area contributed by atoms with Crippen LogP contribution in [0.5, 0.6) is 5.75 Å². The van der Waals surface area contributed by atoms with Crippen molar-refractivity contribution in [2.45, 2.75) is 0 Å². The van der Waals surface area contributed by atoms with Gasteiger partial charge in [0, 0.05) is 62.8 Å². The zero-order valence-corrected chi connectivity index (χ0v) is 11.9. The van der Waals surface area contributed by atoms with Crippen LogP contribution in [0.2, 0.25) is 0 Å². The number of nitrogen functional groups attached to an aromatic ring is 1.